The van der Waals surface area contributed by atoms with Crippen LogP contribution in [-0.2, 0) is 4.79 Å². The lowest BCUT2D eigenvalue weighted by Gasteiger charge is -2.26. The van der Waals surface area contributed by atoms with E-state index in [2.05, 4.69) is 15.3 Å². The molecule has 2 aromatic rings. The quantitative estimate of drug-likeness (QED) is 0.853. The number of halogens is 1. The molecule has 2 rings (SSSR count). The normalized spacial score (nSPS) is 11.5. The Kier molecular flexibility index (Phi) is 4.44. The Balaban J connectivity index is 2.36. The third kappa shape index (κ3) is 3.41. The molecule has 7 heteroatoms. The molecule has 0 aliphatic carbocycles. The predicted octanol–water partition coefficient (Wildman–Crippen LogP) is 2.83. The van der Waals surface area contributed by atoms with Gasteiger partial charge in [0.1, 0.15) is 17.7 Å². The molecule has 0 unspecified atom stereocenters. The van der Waals surface area contributed by atoms with E-state index in [1.54, 1.807) is 6.07 Å². The van der Waals surface area contributed by atoms with Gasteiger partial charge in [0.15, 0.2) is 11.6 Å². The molecule has 0 spiro atoms. The SMILES string of the molecule is COc1ccc2c(NC(C)(C)CCC(=O)O)ncnc2c1F. The molecule has 22 heavy (non-hydrogen) atoms. The molecule has 0 radical (unpaired) electrons. The molecule has 0 aliphatic rings. The number of hydrogen-bond donors (Lipinski definition) is 2. The highest BCUT2D eigenvalue weighted by Crippen LogP contribution is 2.29. The van der Waals surface area contributed by atoms with Crippen molar-refractivity contribution >= 4 is 22.7 Å². The first-order chi connectivity index (χ1) is 10.3. The van der Waals surface area contributed by atoms with Crippen LogP contribution in [0.1, 0.15) is 26.7 Å². The van der Waals surface area contributed by atoms with Gasteiger partial charge in [0.25, 0.3) is 0 Å². The molecular formula is C15H18FN3O3. The average Bonchev–Trinajstić information content (AvgIpc) is 2.46. The van der Waals surface area contributed by atoms with Crippen molar-refractivity contribution in [2.24, 2.45) is 0 Å². The van der Waals surface area contributed by atoms with Crippen LogP contribution in [0, 0.1) is 5.82 Å². The molecule has 0 fully saturated rings. The Morgan fingerprint density at radius 1 is 1.41 bits per heavy atom. The smallest absolute Gasteiger partial charge is 0.303 e. The zero-order chi connectivity index (χ0) is 16.3. The number of aromatic nitrogens is 2. The predicted molar refractivity (Wildman–Crippen MR) is 80.6 cm³/mol. The van der Waals surface area contributed by atoms with E-state index in [0.29, 0.717) is 17.6 Å². The fourth-order valence-electron chi connectivity index (χ4n) is 2.14. The highest BCUT2D eigenvalue weighted by atomic mass is 19.1. The number of nitrogens with zero attached hydrogens (tertiary/aromatic N) is 2. The molecule has 0 amide bonds. The Morgan fingerprint density at radius 2 is 2.14 bits per heavy atom. The lowest BCUT2D eigenvalue weighted by molar-refractivity contribution is -0.137. The van der Waals surface area contributed by atoms with Crippen molar-refractivity contribution in [3.8, 4) is 5.75 Å². The molecule has 0 aliphatic heterocycles. The summed E-state index contributed by atoms with van der Waals surface area (Å²) in [4.78, 5) is 18.8. The second-order valence-corrected chi connectivity index (χ2v) is 5.60. The van der Waals surface area contributed by atoms with Crippen LogP contribution in [0.5, 0.6) is 5.75 Å². The lowest BCUT2D eigenvalue weighted by Crippen LogP contribution is -2.32. The summed E-state index contributed by atoms with van der Waals surface area (Å²) in [5, 5.41) is 12.5. The van der Waals surface area contributed by atoms with Crippen LogP contribution in [0.3, 0.4) is 0 Å². The van der Waals surface area contributed by atoms with E-state index < -0.39 is 17.3 Å². The van der Waals surface area contributed by atoms with Gasteiger partial charge in [-0.3, -0.25) is 4.79 Å². The Bertz CT molecular complexity index is 704. The lowest BCUT2D eigenvalue weighted by atomic mass is 9.98. The zero-order valence-electron chi connectivity index (χ0n) is 12.7. The van der Waals surface area contributed by atoms with E-state index in [9.17, 15) is 9.18 Å². The first-order valence-electron chi connectivity index (χ1n) is 6.81. The number of fused-ring (bicyclic) bond motifs is 1. The zero-order valence-corrected chi connectivity index (χ0v) is 12.7. The fraction of sp³-hybridized carbons (Fsp3) is 0.400. The van der Waals surface area contributed by atoms with Gasteiger partial charge in [-0.05, 0) is 32.4 Å². The van der Waals surface area contributed by atoms with E-state index in [1.807, 2.05) is 13.8 Å². The van der Waals surface area contributed by atoms with Gasteiger partial charge < -0.3 is 15.2 Å². The van der Waals surface area contributed by atoms with Crippen LogP contribution < -0.4 is 10.1 Å². The number of nitrogens with one attached hydrogen (secondary N) is 1. The third-order valence-corrected chi connectivity index (χ3v) is 3.35. The van der Waals surface area contributed by atoms with Gasteiger partial charge in [-0.15, -0.1) is 0 Å². The van der Waals surface area contributed by atoms with Gasteiger partial charge in [0.05, 0.1) is 7.11 Å². The summed E-state index contributed by atoms with van der Waals surface area (Å²) in [7, 11) is 1.39. The molecule has 1 aromatic heterocycles. The van der Waals surface area contributed by atoms with Crippen molar-refractivity contribution < 1.29 is 19.0 Å². The van der Waals surface area contributed by atoms with Gasteiger partial charge in [-0.25, -0.2) is 14.4 Å². The summed E-state index contributed by atoms with van der Waals surface area (Å²) in [6.07, 6.45) is 1.71. The number of anilines is 1. The van der Waals surface area contributed by atoms with E-state index in [4.69, 9.17) is 9.84 Å². The van der Waals surface area contributed by atoms with Crippen molar-refractivity contribution in [3.05, 3.63) is 24.3 Å². The average molecular weight is 307 g/mol. The molecular weight excluding hydrogens is 289 g/mol. The van der Waals surface area contributed by atoms with Crippen LogP contribution in [-0.4, -0.2) is 33.7 Å². The summed E-state index contributed by atoms with van der Waals surface area (Å²) < 4.78 is 19.2. The summed E-state index contributed by atoms with van der Waals surface area (Å²) in [5.74, 6) is -0.837. The number of methoxy groups -OCH3 is 1. The standard InChI is InChI=1S/C15H18FN3O3/c1-15(2,7-6-11(20)21)19-14-9-4-5-10(22-3)12(16)13(9)17-8-18-14/h4-5,8H,6-7H2,1-3H3,(H,20,21)(H,17,18,19). The maximum absolute atomic E-state index is 14.2. The summed E-state index contributed by atoms with van der Waals surface area (Å²) in [6.45, 7) is 3.73. The van der Waals surface area contributed by atoms with Crippen molar-refractivity contribution in [2.75, 3.05) is 12.4 Å². The number of carboxylic acid groups (broad SMARTS) is 1. The number of rotatable bonds is 6. The highest BCUT2D eigenvalue weighted by Gasteiger charge is 2.21. The van der Waals surface area contributed by atoms with E-state index in [-0.39, 0.29) is 17.7 Å². The van der Waals surface area contributed by atoms with Crippen LogP contribution in [0.4, 0.5) is 10.2 Å². The van der Waals surface area contributed by atoms with Crippen molar-refractivity contribution in [3.63, 3.8) is 0 Å². The Morgan fingerprint density at radius 3 is 2.77 bits per heavy atom. The minimum absolute atomic E-state index is 0.0329. The minimum atomic E-state index is -0.863. The topological polar surface area (TPSA) is 84.3 Å². The second kappa shape index (κ2) is 6.13. The van der Waals surface area contributed by atoms with E-state index in [1.165, 1.54) is 19.5 Å². The maximum Gasteiger partial charge on any atom is 0.303 e. The summed E-state index contributed by atoms with van der Waals surface area (Å²) in [6, 6.07) is 3.18. The second-order valence-electron chi connectivity index (χ2n) is 5.60. The van der Waals surface area contributed by atoms with Gasteiger partial charge in [-0.2, -0.15) is 0 Å². The Hall–Kier alpha value is -2.44. The van der Waals surface area contributed by atoms with Crippen molar-refractivity contribution in [1.29, 1.82) is 0 Å². The number of hydrogen-bond acceptors (Lipinski definition) is 5. The Labute approximate surface area is 127 Å². The van der Waals surface area contributed by atoms with Gasteiger partial charge in [0.2, 0.25) is 0 Å². The first kappa shape index (κ1) is 15.9. The monoisotopic (exact) mass is 307 g/mol. The molecule has 6 nitrogen and oxygen atoms in total. The number of benzene rings is 1. The molecule has 2 N–H and O–H groups in total. The number of carbonyl (C=O) groups is 1. The van der Waals surface area contributed by atoms with Crippen LogP contribution in [0.2, 0.25) is 0 Å². The molecule has 118 valence electrons. The van der Waals surface area contributed by atoms with E-state index >= 15 is 0 Å². The molecule has 0 saturated carbocycles. The number of aliphatic carboxylic acids is 1. The third-order valence-electron chi connectivity index (χ3n) is 3.35. The molecule has 0 saturated heterocycles. The van der Waals surface area contributed by atoms with Crippen LogP contribution in [0.25, 0.3) is 10.9 Å². The molecule has 0 bridgehead atoms. The van der Waals surface area contributed by atoms with Crippen LogP contribution in [0.15, 0.2) is 18.5 Å². The molecule has 0 atom stereocenters. The van der Waals surface area contributed by atoms with Crippen LogP contribution >= 0.6 is 0 Å². The largest absolute Gasteiger partial charge is 0.494 e. The van der Waals surface area contributed by atoms with Gasteiger partial charge in [0, 0.05) is 17.3 Å². The van der Waals surface area contributed by atoms with Gasteiger partial charge in [-0.1, -0.05) is 0 Å². The highest BCUT2D eigenvalue weighted by molar-refractivity contribution is 5.90. The first-order valence-corrected chi connectivity index (χ1v) is 6.81. The van der Waals surface area contributed by atoms with E-state index in [0.717, 1.165) is 0 Å². The van der Waals surface area contributed by atoms with Crippen molar-refractivity contribution in [2.45, 2.75) is 32.2 Å². The fourth-order valence-corrected chi connectivity index (χ4v) is 2.14. The number of ether oxygens (including phenoxy) is 1. The van der Waals surface area contributed by atoms with Crippen molar-refractivity contribution in [1.82, 2.24) is 9.97 Å². The number of carboxylic acids is 1. The molecule has 1 aromatic carbocycles. The molecule has 1 heterocycles. The maximum atomic E-state index is 14.2. The summed E-state index contributed by atoms with van der Waals surface area (Å²) in [5.41, 5.74) is -0.346. The van der Waals surface area contributed by atoms with Gasteiger partial charge >= 0.3 is 5.97 Å². The summed E-state index contributed by atoms with van der Waals surface area (Å²) >= 11 is 0. The minimum Gasteiger partial charge on any atom is -0.494 e.